The molecule has 0 saturated heterocycles. The molecule has 1 N–H and O–H groups in total. The molecule has 25 heavy (non-hydrogen) atoms. The lowest BCUT2D eigenvalue weighted by atomic mass is 10.1. The van der Waals surface area contributed by atoms with Crippen molar-refractivity contribution in [2.75, 3.05) is 5.32 Å². The topological polar surface area (TPSA) is 85.6 Å². The van der Waals surface area contributed by atoms with E-state index >= 15 is 0 Å². The van der Waals surface area contributed by atoms with Gasteiger partial charge in [0.25, 0.3) is 5.91 Å². The summed E-state index contributed by atoms with van der Waals surface area (Å²) in [6, 6.07) is 6.81. The third-order valence-electron chi connectivity index (χ3n) is 4.21. The number of carbonyl (C=O) groups excluding carboxylic acids is 2. The number of aromatic nitrogens is 2. The molecule has 0 unspecified atom stereocenters. The molecule has 3 rings (SSSR count). The molecule has 1 aliphatic rings. The number of nitrogens with zero attached hydrogens (tertiary/aromatic N) is 3. The molecular weight excluding hydrogens is 320 g/mol. The van der Waals surface area contributed by atoms with E-state index in [4.69, 9.17) is 4.84 Å². The first-order valence-corrected chi connectivity index (χ1v) is 8.17. The Hall–Kier alpha value is -2.96. The van der Waals surface area contributed by atoms with Gasteiger partial charge in [-0.25, -0.2) is 0 Å². The fourth-order valence-electron chi connectivity index (χ4n) is 2.76. The van der Waals surface area contributed by atoms with E-state index in [2.05, 4.69) is 15.6 Å². The highest BCUT2D eigenvalue weighted by Gasteiger charge is 2.30. The van der Waals surface area contributed by atoms with E-state index in [0.717, 1.165) is 23.5 Å². The molecule has 2 aromatic rings. The first-order valence-electron chi connectivity index (χ1n) is 8.17. The highest BCUT2D eigenvalue weighted by Crippen LogP contribution is 2.21. The molecule has 1 aromatic heterocycles. The molecule has 130 valence electrons. The third kappa shape index (κ3) is 3.45. The van der Waals surface area contributed by atoms with Crippen molar-refractivity contribution in [1.82, 2.24) is 9.78 Å². The zero-order valence-electron chi connectivity index (χ0n) is 14.4. The van der Waals surface area contributed by atoms with E-state index in [1.807, 2.05) is 18.5 Å². The second-order valence-corrected chi connectivity index (χ2v) is 5.92. The Bertz CT molecular complexity index is 854. The van der Waals surface area contributed by atoms with Crippen LogP contribution in [-0.2, 0) is 16.2 Å². The van der Waals surface area contributed by atoms with Crippen LogP contribution in [0.15, 0.2) is 35.6 Å². The first-order chi connectivity index (χ1) is 12.0. The number of Topliss-reactive ketones (excluding diaryl/α,β-unsaturated/α-hetero) is 1. The second kappa shape index (κ2) is 6.88. The number of ketones is 1. The van der Waals surface area contributed by atoms with E-state index in [0.29, 0.717) is 17.7 Å². The molecule has 7 nitrogen and oxygen atoms in total. The number of amides is 1. The lowest BCUT2D eigenvalue weighted by Crippen LogP contribution is -2.28. The van der Waals surface area contributed by atoms with Crippen molar-refractivity contribution in [3.8, 4) is 0 Å². The van der Waals surface area contributed by atoms with Crippen LogP contribution in [0, 0.1) is 6.92 Å². The van der Waals surface area contributed by atoms with E-state index in [1.165, 1.54) is 6.92 Å². The molecule has 0 saturated carbocycles. The molecule has 0 fully saturated rings. The predicted molar refractivity (Wildman–Crippen MR) is 93.7 cm³/mol. The quantitative estimate of drug-likeness (QED) is 0.848. The summed E-state index contributed by atoms with van der Waals surface area (Å²) in [6.45, 7) is 6.24. The van der Waals surface area contributed by atoms with Crippen molar-refractivity contribution in [2.45, 2.75) is 39.8 Å². The normalized spacial score (nSPS) is 16.3. The molecule has 1 atom stereocenters. The smallest absolute Gasteiger partial charge is 0.268 e. The third-order valence-corrected chi connectivity index (χ3v) is 4.21. The van der Waals surface area contributed by atoms with Crippen LogP contribution in [0.1, 0.15) is 41.9 Å². The minimum Gasteiger partial charge on any atom is -0.382 e. The SMILES string of the molecule is CCn1ncc(C2=NO[C@@H](C(=O)Nc3cccc(C(C)=O)c3)C2)c1C. The molecule has 0 spiro atoms. The van der Waals surface area contributed by atoms with Gasteiger partial charge in [-0.3, -0.25) is 14.3 Å². The minimum absolute atomic E-state index is 0.0535. The number of nitrogens with one attached hydrogen (secondary N) is 1. The van der Waals surface area contributed by atoms with Crippen LogP contribution < -0.4 is 5.32 Å². The maximum absolute atomic E-state index is 12.4. The van der Waals surface area contributed by atoms with Crippen LogP contribution in [0.5, 0.6) is 0 Å². The van der Waals surface area contributed by atoms with Gasteiger partial charge in [0, 0.05) is 35.5 Å². The van der Waals surface area contributed by atoms with E-state index < -0.39 is 6.10 Å². The van der Waals surface area contributed by atoms with Crippen molar-refractivity contribution >= 4 is 23.1 Å². The average Bonchev–Trinajstić information content (AvgIpc) is 3.21. The average molecular weight is 340 g/mol. The number of anilines is 1. The summed E-state index contributed by atoms with van der Waals surface area (Å²) < 4.78 is 1.87. The fraction of sp³-hybridized carbons (Fsp3) is 0.333. The maximum Gasteiger partial charge on any atom is 0.268 e. The number of carbonyl (C=O) groups is 2. The zero-order chi connectivity index (χ0) is 18.0. The summed E-state index contributed by atoms with van der Waals surface area (Å²) in [5.74, 6) is -0.345. The number of rotatable bonds is 5. The number of benzene rings is 1. The van der Waals surface area contributed by atoms with Gasteiger partial charge < -0.3 is 10.2 Å². The number of hydrogen-bond acceptors (Lipinski definition) is 5. The molecule has 7 heteroatoms. The molecule has 1 aromatic carbocycles. The number of oxime groups is 1. The van der Waals surface area contributed by atoms with Crippen molar-refractivity contribution < 1.29 is 14.4 Å². The van der Waals surface area contributed by atoms with E-state index in [1.54, 1.807) is 30.5 Å². The van der Waals surface area contributed by atoms with Gasteiger partial charge in [0.1, 0.15) is 0 Å². The molecule has 2 heterocycles. The fourth-order valence-corrected chi connectivity index (χ4v) is 2.76. The summed E-state index contributed by atoms with van der Waals surface area (Å²) in [5, 5.41) is 11.1. The summed E-state index contributed by atoms with van der Waals surface area (Å²) in [4.78, 5) is 29.1. The maximum atomic E-state index is 12.4. The van der Waals surface area contributed by atoms with Crippen LogP contribution in [-0.4, -0.2) is 33.3 Å². The highest BCUT2D eigenvalue weighted by atomic mass is 16.6. The lowest BCUT2D eigenvalue weighted by Gasteiger charge is -2.10. The van der Waals surface area contributed by atoms with Crippen LogP contribution >= 0.6 is 0 Å². The second-order valence-electron chi connectivity index (χ2n) is 5.92. The minimum atomic E-state index is -0.694. The summed E-state index contributed by atoms with van der Waals surface area (Å²) >= 11 is 0. The predicted octanol–water partition coefficient (Wildman–Crippen LogP) is 2.55. The largest absolute Gasteiger partial charge is 0.382 e. The van der Waals surface area contributed by atoms with Crippen LogP contribution in [0.25, 0.3) is 0 Å². The Morgan fingerprint density at radius 3 is 2.88 bits per heavy atom. The van der Waals surface area contributed by atoms with Gasteiger partial charge in [0.15, 0.2) is 5.78 Å². The standard InChI is InChI=1S/C18H20N4O3/c1-4-22-11(2)15(10-19-22)16-9-17(25-21-16)18(24)20-14-7-5-6-13(8-14)12(3)23/h5-8,10,17H,4,9H2,1-3H3,(H,20,24)/t17-/m1/s1. The summed E-state index contributed by atoms with van der Waals surface area (Å²) in [7, 11) is 0. The molecular formula is C18H20N4O3. The lowest BCUT2D eigenvalue weighted by molar-refractivity contribution is -0.125. The Kier molecular flexibility index (Phi) is 4.65. The monoisotopic (exact) mass is 340 g/mol. The van der Waals surface area contributed by atoms with Crippen LogP contribution in [0.2, 0.25) is 0 Å². The van der Waals surface area contributed by atoms with Crippen molar-refractivity contribution in [2.24, 2.45) is 5.16 Å². The van der Waals surface area contributed by atoms with Gasteiger partial charge in [0.2, 0.25) is 6.10 Å². The summed E-state index contributed by atoms with van der Waals surface area (Å²) in [5.41, 5.74) is 3.72. The zero-order valence-corrected chi connectivity index (χ0v) is 14.4. The Labute approximate surface area is 145 Å². The number of hydrogen-bond donors (Lipinski definition) is 1. The van der Waals surface area contributed by atoms with Crippen molar-refractivity contribution in [1.29, 1.82) is 0 Å². The summed E-state index contributed by atoms with van der Waals surface area (Å²) in [6.07, 6.45) is 1.44. The molecule has 0 bridgehead atoms. The van der Waals surface area contributed by atoms with Crippen molar-refractivity contribution in [3.63, 3.8) is 0 Å². The van der Waals surface area contributed by atoms with E-state index in [-0.39, 0.29) is 11.7 Å². The first kappa shape index (κ1) is 16.9. The molecule has 0 radical (unpaired) electrons. The van der Waals surface area contributed by atoms with Gasteiger partial charge in [-0.2, -0.15) is 5.10 Å². The Morgan fingerprint density at radius 2 is 2.20 bits per heavy atom. The van der Waals surface area contributed by atoms with E-state index in [9.17, 15) is 9.59 Å². The van der Waals surface area contributed by atoms with Crippen LogP contribution in [0.3, 0.4) is 0 Å². The Morgan fingerprint density at radius 1 is 1.40 bits per heavy atom. The molecule has 1 amide bonds. The molecule has 1 aliphatic heterocycles. The highest BCUT2D eigenvalue weighted by molar-refractivity contribution is 6.06. The number of aryl methyl sites for hydroxylation is 1. The Balaban J connectivity index is 1.66. The van der Waals surface area contributed by atoms with Gasteiger partial charge in [-0.1, -0.05) is 17.3 Å². The van der Waals surface area contributed by atoms with Gasteiger partial charge in [-0.05, 0) is 32.9 Å². The van der Waals surface area contributed by atoms with Crippen molar-refractivity contribution in [3.05, 3.63) is 47.3 Å². The molecule has 0 aliphatic carbocycles. The van der Waals surface area contributed by atoms with Crippen LogP contribution in [0.4, 0.5) is 5.69 Å². The van der Waals surface area contributed by atoms with Gasteiger partial charge in [0.05, 0.1) is 11.9 Å². The van der Waals surface area contributed by atoms with Gasteiger partial charge >= 0.3 is 0 Å². The van der Waals surface area contributed by atoms with Gasteiger partial charge in [-0.15, -0.1) is 0 Å².